The normalized spacial score (nSPS) is 15.0. The zero-order valence-electron chi connectivity index (χ0n) is 17.5. The number of hydrogen-bond acceptors (Lipinski definition) is 4. The molecule has 0 amide bonds. The fourth-order valence-corrected chi connectivity index (χ4v) is 3.79. The maximum absolute atomic E-state index is 5.84. The van der Waals surface area contributed by atoms with Crippen molar-refractivity contribution in [3.63, 3.8) is 0 Å². The van der Waals surface area contributed by atoms with Crippen molar-refractivity contribution in [2.45, 2.75) is 19.8 Å². The van der Waals surface area contributed by atoms with Crippen LogP contribution in [0.15, 0.2) is 77.6 Å². The molecule has 0 spiro atoms. The zero-order valence-corrected chi connectivity index (χ0v) is 17.5. The molecule has 0 fully saturated rings. The van der Waals surface area contributed by atoms with Crippen LogP contribution in [0, 0.1) is 0 Å². The van der Waals surface area contributed by atoms with E-state index in [1.54, 1.807) is 13.3 Å². The lowest BCUT2D eigenvalue weighted by molar-refractivity contribution is 0.341. The van der Waals surface area contributed by atoms with Crippen molar-refractivity contribution in [1.29, 1.82) is 0 Å². The largest absolute Gasteiger partial charge is 0.496 e. The minimum Gasteiger partial charge on any atom is -0.496 e. The molecule has 30 heavy (non-hydrogen) atoms. The van der Waals surface area contributed by atoms with Crippen LogP contribution in [-0.4, -0.2) is 31.0 Å². The number of para-hydroxylation sites is 1. The summed E-state index contributed by atoms with van der Waals surface area (Å²) in [4.78, 5) is 9.07. The van der Waals surface area contributed by atoms with E-state index >= 15 is 0 Å². The van der Waals surface area contributed by atoms with Crippen LogP contribution in [0.4, 0.5) is 0 Å². The van der Waals surface area contributed by atoms with E-state index in [1.165, 1.54) is 5.57 Å². The first-order chi connectivity index (χ1) is 14.8. The standard InChI is InChI=1S/C26H26N2O2/c1-3-30-25-11-5-4-10-23(25)19-12-13-24(29-2)22(16-19)17-20-8-7-15-28-26(20)21-9-6-14-27-18-21/h4-6,9-14,16-18H,3,7-8,15H2,1-2H3. The second-order valence-electron chi connectivity index (χ2n) is 7.13. The number of aromatic nitrogens is 1. The lowest BCUT2D eigenvalue weighted by Gasteiger charge is -2.17. The molecule has 1 aliphatic rings. The van der Waals surface area contributed by atoms with Crippen LogP contribution < -0.4 is 9.47 Å². The molecule has 0 bridgehead atoms. The molecule has 0 N–H and O–H groups in total. The first kappa shape index (κ1) is 19.9. The van der Waals surface area contributed by atoms with Crippen molar-refractivity contribution < 1.29 is 9.47 Å². The Hall–Kier alpha value is -3.40. The number of nitrogens with zero attached hydrogens (tertiary/aromatic N) is 2. The fourth-order valence-electron chi connectivity index (χ4n) is 3.79. The summed E-state index contributed by atoms with van der Waals surface area (Å²) in [5.74, 6) is 1.73. The van der Waals surface area contributed by atoms with Crippen LogP contribution in [0.5, 0.6) is 11.5 Å². The van der Waals surface area contributed by atoms with Crippen LogP contribution in [0.3, 0.4) is 0 Å². The third-order valence-corrected chi connectivity index (χ3v) is 5.17. The van der Waals surface area contributed by atoms with Crippen molar-refractivity contribution in [2.75, 3.05) is 20.3 Å². The van der Waals surface area contributed by atoms with Crippen molar-refractivity contribution >= 4 is 11.8 Å². The summed E-state index contributed by atoms with van der Waals surface area (Å²) >= 11 is 0. The predicted octanol–water partition coefficient (Wildman–Crippen LogP) is 5.82. The Morgan fingerprint density at radius 1 is 1.00 bits per heavy atom. The Morgan fingerprint density at radius 2 is 1.90 bits per heavy atom. The van der Waals surface area contributed by atoms with Crippen LogP contribution in [0.1, 0.15) is 30.9 Å². The van der Waals surface area contributed by atoms with Crippen molar-refractivity contribution in [1.82, 2.24) is 4.98 Å². The van der Waals surface area contributed by atoms with Gasteiger partial charge in [-0.15, -0.1) is 0 Å². The lowest BCUT2D eigenvalue weighted by Crippen LogP contribution is -2.12. The van der Waals surface area contributed by atoms with Gasteiger partial charge in [-0.2, -0.15) is 0 Å². The van der Waals surface area contributed by atoms with Gasteiger partial charge in [-0.1, -0.05) is 24.3 Å². The Kier molecular flexibility index (Phi) is 6.23. The number of ether oxygens (including phenoxy) is 2. The van der Waals surface area contributed by atoms with Gasteiger partial charge in [-0.05, 0) is 67.3 Å². The minimum atomic E-state index is 0.634. The maximum Gasteiger partial charge on any atom is 0.127 e. The predicted molar refractivity (Wildman–Crippen MR) is 122 cm³/mol. The Balaban J connectivity index is 1.78. The summed E-state index contributed by atoms with van der Waals surface area (Å²) < 4.78 is 11.5. The van der Waals surface area contributed by atoms with Crippen LogP contribution in [0.25, 0.3) is 17.2 Å². The van der Waals surface area contributed by atoms with E-state index in [1.807, 2.05) is 43.5 Å². The second-order valence-corrected chi connectivity index (χ2v) is 7.13. The summed E-state index contributed by atoms with van der Waals surface area (Å²) in [5.41, 5.74) is 6.50. The van der Waals surface area contributed by atoms with Gasteiger partial charge in [0.25, 0.3) is 0 Å². The lowest BCUT2D eigenvalue weighted by atomic mass is 9.93. The van der Waals surface area contributed by atoms with E-state index in [0.29, 0.717) is 6.61 Å². The summed E-state index contributed by atoms with van der Waals surface area (Å²) in [6.45, 7) is 3.48. The Bertz CT molecular complexity index is 1070. The average molecular weight is 399 g/mol. The van der Waals surface area contributed by atoms with Gasteiger partial charge in [-0.25, -0.2) is 0 Å². The van der Waals surface area contributed by atoms with Gasteiger partial charge in [-0.3, -0.25) is 9.98 Å². The summed E-state index contributed by atoms with van der Waals surface area (Å²) in [7, 11) is 1.71. The third-order valence-electron chi connectivity index (χ3n) is 5.17. The summed E-state index contributed by atoms with van der Waals surface area (Å²) in [5, 5.41) is 0. The zero-order chi connectivity index (χ0) is 20.8. The van der Waals surface area contributed by atoms with Gasteiger partial charge in [0.15, 0.2) is 0 Å². The average Bonchev–Trinajstić information content (AvgIpc) is 2.81. The van der Waals surface area contributed by atoms with Gasteiger partial charge in [0.2, 0.25) is 0 Å². The molecule has 2 aromatic carbocycles. The molecule has 0 saturated heterocycles. The molecule has 3 aromatic rings. The summed E-state index contributed by atoms with van der Waals surface area (Å²) in [6.07, 6.45) is 7.90. The molecule has 4 nitrogen and oxygen atoms in total. The van der Waals surface area contributed by atoms with E-state index in [0.717, 1.165) is 58.9 Å². The molecule has 2 heterocycles. The van der Waals surface area contributed by atoms with E-state index in [-0.39, 0.29) is 0 Å². The first-order valence-corrected chi connectivity index (χ1v) is 10.4. The maximum atomic E-state index is 5.84. The highest BCUT2D eigenvalue weighted by molar-refractivity contribution is 6.15. The molecule has 1 aliphatic heterocycles. The van der Waals surface area contributed by atoms with Crippen molar-refractivity contribution in [3.05, 3.63) is 83.7 Å². The van der Waals surface area contributed by atoms with Gasteiger partial charge >= 0.3 is 0 Å². The van der Waals surface area contributed by atoms with Gasteiger partial charge < -0.3 is 9.47 Å². The fraction of sp³-hybridized carbons (Fsp3) is 0.231. The van der Waals surface area contributed by atoms with E-state index in [4.69, 9.17) is 14.5 Å². The molecule has 0 radical (unpaired) electrons. The third kappa shape index (κ3) is 4.28. The Labute approximate surface area is 177 Å². The molecule has 0 saturated carbocycles. The highest BCUT2D eigenvalue weighted by Gasteiger charge is 2.16. The van der Waals surface area contributed by atoms with Crippen molar-refractivity contribution in [3.8, 4) is 22.6 Å². The Morgan fingerprint density at radius 3 is 2.70 bits per heavy atom. The van der Waals surface area contributed by atoms with Crippen LogP contribution in [-0.2, 0) is 0 Å². The molecule has 4 rings (SSSR count). The number of rotatable bonds is 6. The highest BCUT2D eigenvalue weighted by Crippen LogP contribution is 2.34. The second kappa shape index (κ2) is 9.40. The molecular formula is C26H26N2O2. The number of hydrogen-bond donors (Lipinski definition) is 0. The molecular weight excluding hydrogens is 372 g/mol. The SMILES string of the molecule is CCOc1ccccc1-c1ccc(OC)c(C=C2CCCN=C2c2cccnc2)c1. The quantitative estimate of drug-likeness (QED) is 0.525. The van der Waals surface area contributed by atoms with Gasteiger partial charge in [0.05, 0.1) is 19.4 Å². The smallest absolute Gasteiger partial charge is 0.127 e. The minimum absolute atomic E-state index is 0.634. The van der Waals surface area contributed by atoms with E-state index in [2.05, 4.69) is 35.3 Å². The number of allylic oxidation sites excluding steroid dienone is 1. The first-order valence-electron chi connectivity index (χ1n) is 10.4. The number of aliphatic imine (C=N–C) groups is 1. The molecule has 0 atom stereocenters. The number of pyridine rings is 1. The molecule has 1 aromatic heterocycles. The molecule has 0 unspecified atom stereocenters. The van der Waals surface area contributed by atoms with Crippen molar-refractivity contribution in [2.24, 2.45) is 4.99 Å². The van der Waals surface area contributed by atoms with Crippen LogP contribution in [0.2, 0.25) is 0 Å². The van der Waals surface area contributed by atoms with E-state index in [9.17, 15) is 0 Å². The van der Waals surface area contributed by atoms with E-state index < -0.39 is 0 Å². The van der Waals surface area contributed by atoms with Crippen LogP contribution >= 0.6 is 0 Å². The number of benzene rings is 2. The summed E-state index contributed by atoms with van der Waals surface area (Å²) in [6, 6.07) is 18.4. The monoisotopic (exact) mass is 398 g/mol. The highest BCUT2D eigenvalue weighted by atomic mass is 16.5. The topological polar surface area (TPSA) is 43.7 Å². The van der Waals surface area contributed by atoms with Gasteiger partial charge in [0, 0.05) is 35.6 Å². The molecule has 152 valence electrons. The molecule has 4 heteroatoms. The number of methoxy groups -OCH3 is 1. The van der Waals surface area contributed by atoms with Gasteiger partial charge in [0.1, 0.15) is 11.5 Å². The molecule has 0 aliphatic carbocycles.